The van der Waals surface area contributed by atoms with Crippen LogP contribution in [-0.4, -0.2) is 36.8 Å². The third kappa shape index (κ3) is 24.7. The SMILES string of the molecule is [Co+2].[InH3].[OH-].[OH-].[Zn]. The van der Waals surface area contributed by atoms with Gasteiger partial charge in [0.2, 0.25) is 0 Å². The standard InChI is InChI=1S/Co.In.2H2O.Zn.3H/h;;2*1H2;;;;/q+2;;;;;;;/p-2. The minimum absolute atomic E-state index is 0. The normalized spacial score (nSPS) is 0. The molecule has 0 amide bonds. The quantitative estimate of drug-likeness (QED) is 0.503. The maximum absolute atomic E-state index is 0. The van der Waals surface area contributed by atoms with Gasteiger partial charge in [0.05, 0.1) is 0 Å². The van der Waals surface area contributed by atoms with Crippen molar-refractivity contribution in [2.45, 2.75) is 0 Å². The molecular formula is H5CoInO2Zn. The van der Waals surface area contributed by atoms with E-state index in [2.05, 4.69) is 0 Å². The van der Waals surface area contributed by atoms with Gasteiger partial charge in [-0.15, -0.1) is 0 Å². The average Bonchev–Trinajstić information content (AvgIpc) is 0. The van der Waals surface area contributed by atoms with Gasteiger partial charge in [-0.25, -0.2) is 0 Å². The first-order valence-corrected chi connectivity index (χ1v) is 0. The van der Waals surface area contributed by atoms with Crippen LogP contribution in [0.15, 0.2) is 0 Å². The second-order valence-corrected chi connectivity index (χ2v) is 0. The molecule has 0 spiro atoms. The van der Waals surface area contributed by atoms with Crippen LogP contribution in [0.4, 0.5) is 0 Å². The van der Waals surface area contributed by atoms with Crippen molar-refractivity contribution < 1.29 is 47.2 Å². The van der Waals surface area contributed by atoms with Crippen molar-refractivity contribution in [2.75, 3.05) is 0 Å². The molecule has 0 aliphatic heterocycles. The smallest absolute Gasteiger partial charge is 0 e. The van der Waals surface area contributed by atoms with Crippen LogP contribution in [-0.2, 0) is 36.3 Å². The molecular weight excluding hydrogens is 271 g/mol. The van der Waals surface area contributed by atoms with Gasteiger partial charge >= 0.3 is 42.6 Å². The van der Waals surface area contributed by atoms with Gasteiger partial charge < -0.3 is 11.0 Å². The summed E-state index contributed by atoms with van der Waals surface area (Å²) in [6.07, 6.45) is 0. The average molecular weight is 276 g/mol. The molecule has 0 aliphatic carbocycles. The molecule has 0 saturated carbocycles. The Morgan fingerprint density at radius 1 is 0.800 bits per heavy atom. The predicted molar refractivity (Wildman–Crippen MR) is 13.8 cm³/mol. The topological polar surface area (TPSA) is 60.0 Å². The number of rotatable bonds is 0. The van der Waals surface area contributed by atoms with Gasteiger partial charge in [-0.3, -0.25) is 0 Å². The molecule has 1 radical (unpaired) electrons. The summed E-state index contributed by atoms with van der Waals surface area (Å²) in [5.41, 5.74) is 0. The van der Waals surface area contributed by atoms with E-state index in [-0.39, 0.29) is 73.1 Å². The van der Waals surface area contributed by atoms with E-state index >= 15 is 0 Å². The second kappa shape index (κ2) is 38.9. The predicted octanol–water partition coefficient (Wildman–Crippen LogP) is -1.54. The molecule has 5 heavy (non-hydrogen) atoms. The molecule has 5 heteroatoms. The van der Waals surface area contributed by atoms with Crippen molar-refractivity contribution in [3.05, 3.63) is 0 Å². The first-order chi connectivity index (χ1) is 0. The van der Waals surface area contributed by atoms with Gasteiger partial charge in [0, 0.05) is 19.5 Å². The molecule has 2 nitrogen and oxygen atoms in total. The van der Waals surface area contributed by atoms with Gasteiger partial charge in [-0.05, 0) is 0 Å². The zero-order chi connectivity index (χ0) is 0. The second-order valence-electron chi connectivity index (χ2n) is 0. The van der Waals surface area contributed by atoms with E-state index in [1.807, 2.05) is 0 Å². The summed E-state index contributed by atoms with van der Waals surface area (Å²) in [4.78, 5) is 0. The summed E-state index contributed by atoms with van der Waals surface area (Å²) in [5.74, 6) is 0. The fraction of sp³-hybridized carbons (Fsp3) is 0. The summed E-state index contributed by atoms with van der Waals surface area (Å²) in [6, 6.07) is 0. The first kappa shape index (κ1) is 65.8. The maximum Gasteiger partial charge on any atom is 0 e. The molecule has 0 heterocycles. The van der Waals surface area contributed by atoms with E-state index < -0.39 is 0 Å². The van der Waals surface area contributed by atoms with Crippen molar-refractivity contribution in [2.24, 2.45) is 0 Å². The van der Waals surface area contributed by atoms with Crippen LogP contribution in [0.25, 0.3) is 0 Å². The zero-order valence-electron chi connectivity index (χ0n) is 1.93. The third-order valence-corrected chi connectivity index (χ3v) is 0. The van der Waals surface area contributed by atoms with Crippen LogP contribution in [0, 0.1) is 0 Å². The monoisotopic (exact) mass is 275 g/mol. The molecule has 0 aromatic heterocycles. The van der Waals surface area contributed by atoms with Gasteiger partial charge in [-0.2, -0.15) is 0 Å². The van der Waals surface area contributed by atoms with Crippen LogP contribution in [0.2, 0.25) is 0 Å². The summed E-state index contributed by atoms with van der Waals surface area (Å²) in [5, 5.41) is 0. The van der Waals surface area contributed by atoms with E-state index in [0.717, 1.165) is 0 Å². The molecule has 0 bridgehead atoms. The summed E-state index contributed by atoms with van der Waals surface area (Å²) >= 11 is 0. The maximum atomic E-state index is 0. The third-order valence-electron chi connectivity index (χ3n) is 0. The summed E-state index contributed by atoms with van der Waals surface area (Å²) < 4.78 is 0. The van der Waals surface area contributed by atoms with Gasteiger partial charge in [0.1, 0.15) is 0 Å². The van der Waals surface area contributed by atoms with Crippen molar-refractivity contribution in [1.29, 1.82) is 0 Å². The van der Waals surface area contributed by atoms with Crippen LogP contribution in [0.1, 0.15) is 0 Å². The molecule has 2 N–H and O–H groups in total. The van der Waals surface area contributed by atoms with Crippen molar-refractivity contribution in [3.8, 4) is 0 Å². The minimum Gasteiger partial charge on any atom is -0.870 e. The van der Waals surface area contributed by atoms with Crippen LogP contribution < -0.4 is 0 Å². The Bertz CT molecular complexity index is 9.61. The van der Waals surface area contributed by atoms with Crippen LogP contribution in [0.3, 0.4) is 0 Å². The Kier molecular flexibility index (Phi) is 511. The largest absolute Gasteiger partial charge is 0.870 e. The Balaban J connectivity index is 0. The Morgan fingerprint density at radius 2 is 0.800 bits per heavy atom. The molecule has 0 fully saturated rings. The molecule has 31 valence electrons. The van der Waals surface area contributed by atoms with E-state index in [1.54, 1.807) is 0 Å². The Morgan fingerprint density at radius 3 is 0.800 bits per heavy atom. The molecule has 0 aromatic rings. The molecule has 0 saturated heterocycles. The zero-order valence-corrected chi connectivity index (χ0v) is 5.94. The molecule has 0 unspecified atom stereocenters. The number of hydrogen-bond donors (Lipinski definition) is 0. The van der Waals surface area contributed by atoms with E-state index in [9.17, 15) is 0 Å². The van der Waals surface area contributed by atoms with Gasteiger partial charge in [0.15, 0.2) is 0 Å². The fourth-order valence-electron chi connectivity index (χ4n) is 0. The minimum atomic E-state index is 0. The van der Waals surface area contributed by atoms with E-state index in [4.69, 9.17) is 0 Å². The summed E-state index contributed by atoms with van der Waals surface area (Å²) in [6.45, 7) is 0. The van der Waals surface area contributed by atoms with Crippen molar-refractivity contribution in [3.63, 3.8) is 0 Å². The molecule has 0 aromatic carbocycles. The van der Waals surface area contributed by atoms with Gasteiger partial charge in [-0.1, -0.05) is 0 Å². The van der Waals surface area contributed by atoms with Gasteiger partial charge in [0.25, 0.3) is 0 Å². The summed E-state index contributed by atoms with van der Waals surface area (Å²) in [7, 11) is 0. The van der Waals surface area contributed by atoms with E-state index in [1.165, 1.54) is 0 Å². The van der Waals surface area contributed by atoms with E-state index in [0.29, 0.717) is 0 Å². The molecule has 0 rings (SSSR count). The Labute approximate surface area is 72.4 Å². The van der Waals surface area contributed by atoms with Crippen LogP contribution in [0.5, 0.6) is 0 Å². The van der Waals surface area contributed by atoms with Crippen molar-refractivity contribution >= 4 is 25.8 Å². The Hall–Kier alpha value is 1.92. The first-order valence-electron chi connectivity index (χ1n) is 0. The number of hydrogen-bond acceptors (Lipinski definition) is 2. The molecule has 0 atom stereocenters. The van der Waals surface area contributed by atoms with Crippen LogP contribution >= 0.6 is 0 Å². The fourth-order valence-corrected chi connectivity index (χ4v) is 0. The van der Waals surface area contributed by atoms with Crippen molar-refractivity contribution in [1.82, 2.24) is 0 Å². The molecule has 0 aliphatic rings.